The van der Waals surface area contributed by atoms with E-state index in [1.807, 2.05) is 6.92 Å². The predicted octanol–water partition coefficient (Wildman–Crippen LogP) is 2.84. The Kier molecular flexibility index (Phi) is 2.90. The Morgan fingerprint density at radius 3 is 2.65 bits per heavy atom. The number of aromatic nitrogens is 2. The topological polar surface area (TPSA) is 55.1 Å². The van der Waals surface area contributed by atoms with Crippen LogP contribution in [0.15, 0.2) is 24.4 Å². The highest BCUT2D eigenvalue weighted by molar-refractivity contribution is 6.31. The lowest BCUT2D eigenvalue weighted by Crippen LogP contribution is -2.06. The largest absolute Gasteiger partial charge is 0.478 e. The van der Waals surface area contributed by atoms with Crippen LogP contribution in [-0.4, -0.2) is 20.9 Å². The summed E-state index contributed by atoms with van der Waals surface area (Å²) in [6.07, 6.45) is 1.61. The number of aryl methyl sites for hydroxylation is 2. The van der Waals surface area contributed by atoms with Crippen molar-refractivity contribution in [3.05, 3.63) is 46.2 Å². The number of carboxylic acids is 1. The van der Waals surface area contributed by atoms with Crippen LogP contribution < -0.4 is 0 Å². The fraction of sp³-hybridized carbons (Fsp3) is 0.167. The molecule has 1 N–H and O–H groups in total. The molecule has 1 heterocycles. The van der Waals surface area contributed by atoms with Crippen LogP contribution in [-0.2, 0) is 0 Å². The highest BCUT2D eigenvalue weighted by atomic mass is 35.5. The van der Waals surface area contributed by atoms with Crippen LogP contribution in [0, 0.1) is 13.8 Å². The molecule has 88 valence electrons. The van der Waals surface area contributed by atoms with Crippen LogP contribution in [0.2, 0.25) is 5.02 Å². The monoisotopic (exact) mass is 250 g/mol. The van der Waals surface area contributed by atoms with Gasteiger partial charge in [-0.2, -0.15) is 5.10 Å². The maximum Gasteiger partial charge on any atom is 0.337 e. The number of hydrogen-bond donors (Lipinski definition) is 1. The summed E-state index contributed by atoms with van der Waals surface area (Å²) in [6, 6.07) is 5.09. The summed E-state index contributed by atoms with van der Waals surface area (Å²) >= 11 is 5.92. The molecule has 0 atom stereocenters. The van der Waals surface area contributed by atoms with Crippen molar-refractivity contribution in [2.75, 3.05) is 0 Å². The smallest absolute Gasteiger partial charge is 0.337 e. The van der Waals surface area contributed by atoms with E-state index in [1.54, 1.807) is 31.3 Å². The molecule has 1 aromatic heterocycles. The SMILES string of the molecule is Cc1ccc(C(=O)O)c(-n2cc(Cl)c(C)n2)c1. The molecule has 0 unspecified atom stereocenters. The van der Waals surface area contributed by atoms with Crippen LogP contribution in [0.5, 0.6) is 0 Å². The zero-order valence-electron chi connectivity index (χ0n) is 9.44. The van der Waals surface area contributed by atoms with Gasteiger partial charge in [0, 0.05) is 6.20 Å². The van der Waals surface area contributed by atoms with E-state index in [9.17, 15) is 4.79 Å². The second kappa shape index (κ2) is 4.22. The average molecular weight is 251 g/mol. The lowest BCUT2D eigenvalue weighted by Gasteiger charge is -2.07. The predicted molar refractivity (Wildman–Crippen MR) is 65.0 cm³/mol. The molecule has 17 heavy (non-hydrogen) atoms. The van der Waals surface area contributed by atoms with E-state index in [-0.39, 0.29) is 5.56 Å². The molecule has 0 aliphatic carbocycles. The van der Waals surface area contributed by atoms with Gasteiger partial charge in [0.15, 0.2) is 0 Å². The van der Waals surface area contributed by atoms with E-state index >= 15 is 0 Å². The minimum absolute atomic E-state index is 0.203. The number of halogens is 1. The quantitative estimate of drug-likeness (QED) is 0.892. The van der Waals surface area contributed by atoms with E-state index < -0.39 is 5.97 Å². The molecule has 0 fully saturated rings. The molecule has 0 radical (unpaired) electrons. The van der Waals surface area contributed by atoms with Gasteiger partial charge in [0.05, 0.1) is 22.0 Å². The first-order valence-electron chi connectivity index (χ1n) is 5.05. The summed E-state index contributed by atoms with van der Waals surface area (Å²) in [6.45, 7) is 3.67. The third-order valence-corrected chi connectivity index (χ3v) is 2.84. The van der Waals surface area contributed by atoms with Crippen LogP contribution >= 0.6 is 11.6 Å². The van der Waals surface area contributed by atoms with Crippen LogP contribution in [0.25, 0.3) is 5.69 Å². The van der Waals surface area contributed by atoms with Crippen molar-refractivity contribution >= 4 is 17.6 Å². The molecule has 0 aliphatic heterocycles. The first-order chi connectivity index (χ1) is 7.99. The molecule has 1 aromatic carbocycles. The van der Waals surface area contributed by atoms with Gasteiger partial charge in [0.1, 0.15) is 0 Å². The van der Waals surface area contributed by atoms with Gasteiger partial charge in [-0.15, -0.1) is 0 Å². The van der Waals surface area contributed by atoms with E-state index in [0.29, 0.717) is 16.4 Å². The second-order valence-corrected chi connectivity index (χ2v) is 4.24. The Morgan fingerprint density at radius 1 is 1.41 bits per heavy atom. The number of hydrogen-bond acceptors (Lipinski definition) is 2. The Hall–Kier alpha value is -1.81. The minimum Gasteiger partial charge on any atom is -0.478 e. The number of carboxylic acid groups (broad SMARTS) is 1. The van der Waals surface area contributed by atoms with Crippen LogP contribution in [0.3, 0.4) is 0 Å². The first kappa shape index (κ1) is 11.7. The molecule has 0 saturated heterocycles. The fourth-order valence-corrected chi connectivity index (χ4v) is 1.70. The Bertz CT molecular complexity index is 571. The summed E-state index contributed by atoms with van der Waals surface area (Å²) in [5, 5.41) is 13.8. The molecule has 2 aromatic rings. The van der Waals surface area contributed by atoms with Crippen molar-refractivity contribution in [2.45, 2.75) is 13.8 Å². The first-order valence-corrected chi connectivity index (χ1v) is 5.43. The average Bonchev–Trinajstić information content (AvgIpc) is 2.58. The number of carbonyl (C=O) groups is 1. The number of benzene rings is 1. The third-order valence-electron chi connectivity index (χ3n) is 2.47. The van der Waals surface area contributed by atoms with Gasteiger partial charge in [0.25, 0.3) is 0 Å². The Morgan fingerprint density at radius 2 is 2.12 bits per heavy atom. The van der Waals surface area contributed by atoms with Crippen LogP contribution in [0.4, 0.5) is 0 Å². The van der Waals surface area contributed by atoms with Gasteiger partial charge in [-0.1, -0.05) is 17.7 Å². The molecule has 5 heteroatoms. The zero-order valence-corrected chi connectivity index (χ0v) is 10.2. The van der Waals surface area contributed by atoms with Gasteiger partial charge < -0.3 is 5.11 Å². The maximum absolute atomic E-state index is 11.1. The summed E-state index contributed by atoms with van der Waals surface area (Å²) < 4.78 is 1.49. The highest BCUT2D eigenvalue weighted by Crippen LogP contribution is 2.20. The highest BCUT2D eigenvalue weighted by Gasteiger charge is 2.13. The molecule has 4 nitrogen and oxygen atoms in total. The second-order valence-electron chi connectivity index (χ2n) is 3.83. The Labute approximate surface area is 103 Å². The van der Waals surface area contributed by atoms with E-state index in [2.05, 4.69) is 5.10 Å². The molecule has 0 amide bonds. The van der Waals surface area contributed by atoms with E-state index in [1.165, 1.54) is 4.68 Å². The molecule has 0 spiro atoms. The summed E-state index contributed by atoms with van der Waals surface area (Å²) in [5.74, 6) is -0.982. The Balaban J connectivity index is 2.64. The fourth-order valence-electron chi connectivity index (χ4n) is 1.57. The molecule has 0 aliphatic rings. The lowest BCUT2D eigenvalue weighted by atomic mass is 10.1. The molecule has 0 saturated carbocycles. The number of rotatable bonds is 2. The standard InChI is InChI=1S/C12H11ClN2O2/c1-7-3-4-9(12(16)17)11(5-7)15-6-10(13)8(2)14-15/h3-6H,1-2H3,(H,16,17). The van der Waals surface area contributed by atoms with Crippen molar-refractivity contribution in [1.82, 2.24) is 9.78 Å². The zero-order chi connectivity index (χ0) is 12.6. The van der Waals surface area contributed by atoms with Crippen molar-refractivity contribution in [2.24, 2.45) is 0 Å². The van der Waals surface area contributed by atoms with Crippen molar-refractivity contribution in [3.8, 4) is 5.69 Å². The minimum atomic E-state index is -0.982. The third kappa shape index (κ3) is 2.17. The summed E-state index contributed by atoms with van der Waals surface area (Å²) in [4.78, 5) is 11.1. The van der Waals surface area contributed by atoms with Gasteiger partial charge in [-0.25, -0.2) is 9.48 Å². The van der Waals surface area contributed by atoms with Gasteiger partial charge in [0.2, 0.25) is 0 Å². The normalized spacial score (nSPS) is 10.5. The number of nitrogens with zero attached hydrogens (tertiary/aromatic N) is 2. The van der Waals surface area contributed by atoms with Crippen molar-refractivity contribution in [1.29, 1.82) is 0 Å². The van der Waals surface area contributed by atoms with E-state index in [4.69, 9.17) is 16.7 Å². The number of aromatic carboxylic acids is 1. The van der Waals surface area contributed by atoms with Crippen LogP contribution in [0.1, 0.15) is 21.6 Å². The van der Waals surface area contributed by atoms with E-state index in [0.717, 1.165) is 5.56 Å². The molecule has 2 rings (SSSR count). The van der Waals surface area contributed by atoms with Crippen molar-refractivity contribution < 1.29 is 9.90 Å². The molecular formula is C12H11ClN2O2. The van der Waals surface area contributed by atoms with Gasteiger partial charge in [-0.3, -0.25) is 0 Å². The van der Waals surface area contributed by atoms with Gasteiger partial charge in [-0.05, 0) is 31.5 Å². The summed E-state index contributed by atoms with van der Waals surface area (Å²) in [7, 11) is 0. The lowest BCUT2D eigenvalue weighted by molar-refractivity contribution is 0.0696. The molecular weight excluding hydrogens is 240 g/mol. The van der Waals surface area contributed by atoms with Crippen molar-refractivity contribution in [3.63, 3.8) is 0 Å². The summed E-state index contributed by atoms with van der Waals surface area (Å²) in [5.41, 5.74) is 2.36. The van der Waals surface area contributed by atoms with Gasteiger partial charge >= 0.3 is 5.97 Å². The maximum atomic E-state index is 11.1. The molecule has 0 bridgehead atoms.